The number of aliphatic imine (C=N–C) groups is 1. The molecule has 1 unspecified atom stereocenters. The normalized spacial score (nSPS) is 13.4. The molecule has 0 aliphatic heterocycles. The third kappa shape index (κ3) is 5.56. The first-order valence-electron chi connectivity index (χ1n) is 9.27. The Kier molecular flexibility index (Phi) is 7.60. The topological polar surface area (TPSA) is 73.8 Å². The van der Waals surface area contributed by atoms with Crippen molar-refractivity contribution >= 4 is 16.0 Å². The molecule has 6 nitrogen and oxygen atoms in total. The third-order valence-electron chi connectivity index (χ3n) is 4.59. The average molecular weight is 403 g/mol. The van der Waals surface area contributed by atoms with Gasteiger partial charge in [0.25, 0.3) is 0 Å². The van der Waals surface area contributed by atoms with E-state index in [1.807, 2.05) is 12.1 Å². The average Bonchev–Trinajstić information content (AvgIpc) is 2.68. The van der Waals surface area contributed by atoms with Crippen molar-refractivity contribution in [2.24, 2.45) is 4.99 Å². The maximum atomic E-state index is 12.5. The highest BCUT2D eigenvalue weighted by molar-refractivity contribution is 7.89. The van der Waals surface area contributed by atoms with Crippen LogP contribution in [0.2, 0.25) is 0 Å². The smallest absolute Gasteiger partial charge is 0.242 e. The van der Waals surface area contributed by atoms with Crippen LogP contribution in [0.3, 0.4) is 0 Å². The maximum absolute atomic E-state index is 12.5. The molecule has 0 amide bonds. The summed E-state index contributed by atoms with van der Waals surface area (Å²) < 4.78 is 26.3. The standard InChI is InChI=1S/C21H30N4O2S/c1-16-9-8-11-18(13-16)17(2)14-23-21(22-3)24-15-19-10-6-7-12-20(19)28(26,27)25(4)5/h6-13,17H,14-15H2,1-5H3,(H2,22,23,24). The van der Waals surface area contributed by atoms with E-state index in [0.717, 1.165) is 6.54 Å². The van der Waals surface area contributed by atoms with Crippen molar-refractivity contribution in [1.29, 1.82) is 0 Å². The molecule has 0 saturated carbocycles. The van der Waals surface area contributed by atoms with Crippen LogP contribution in [0.1, 0.15) is 29.5 Å². The van der Waals surface area contributed by atoms with Gasteiger partial charge in [0.2, 0.25) is 10.0 Å². The molecule has 2 aromatic rings. The van der Waals surface area contributed by atoms with Gasteiger partial charge in [-0.2, -0.15) is 0 Å². The molecule has 0 saturated heterocycles. The lowest BCUT2D eigenvalue weighted by Gasteiger charge is -2.18. The van der Waals surface area contributed by atoms with Crippen LogP contribution in [0.25, 0.3) is 0 Å². The second kappa shape index (κ2) is 9.71. The van der Waals surface area contributed by atoms with Gasteiger partial charge in [0.05, 0.1) is 4.90 Å². The Morgan fingerprint density at radius 1 is 1.11 bits per heavy atom. The Morgan fingerprint density at radius 2 is 1.82 bits per heavy atom. The van der Waals surface area contributed by atoms with Crippen LogP contribution < -0.4 is 10.6 Å². The van der Waals surface area contributed by atoms with E-state index in [0.29, 0.717) is 28.9 Å². The predicted octanol–water partition coefficient (Wildman–Crippen LogP) is 2.71. The van der Waals surface area contributed by atoms with Gasteiger partial charge in [-0.25, -0.2) is 12.7 Å². The first kappa shape index (κ1) is 21.9. The molecule has 0 aliphatic rings. The van der Waals surface area contributed by atoms with E-state index in [4.69, 9.17) is 0 Å². The molecule has 0 bridgehead atoms. The number of benzene rings is 2. The van der Waals surface area contributed by atoms with Crippen molar-refractivity contribution in [3.05, 3.63) is 65.2 Å². The molecule has 2 aromatic carbocycles. The van der Waals surface area contributed by atoms with E-state index in [9.17, 15) is 8.42 Å². The first-order valence-corrected chi connectivity index (χ1v) is 10.7. The van der Waals surface area contributed by atoms with E-state index in [1.54, 1.807) is 19.2 Å². The fraction of sp³-hybridized carbons (Fsp3) is 0.381. The first-order chi connectivity index (χ1) is 13.3. The fourth-order valence-corrected chi connectivity index (χ4v) is 3.96. The molecular formula is C21H30N4O2S. The van der Waals surface area contributed by atoms with Gasteiger partial charge < -0.3 is 10.6 Å². The summed E-state index contributed by atoms with van der Waals surface area (Å²) in [5, 5.41) is 6.53. The van der Waals surface area contributed by atoms with E-state index >= 15 is 0 Å². The quantitative estimate of drug-likeness (QED) is 0.552. The number of nitrogens with one attached hydrogen (secondary N) is 2. The van der Waals surface area contributed by atoms with E-state index in [1.165, 1.54) is 29.5 Å². The van der Waals surface area contributed by atoms with Crippen molar-refractivity contribution in [1.82, 2.24) is 14.9 Å². The summed E-state index contributed by atoms with van der Waals surface area (Å²) >= 11 is 0. The summed E-state index contributed by atoms with van der Waals surface area (Å²) in [5.41, 5.74) is 3.21. The molecule has 2 N–H and O–H groups in total. The number of hydrogen-bond donors (Lipinski definition) is 2. The Labute approximate surface area is 168 Å². The summed E-state index contributed by atoms with van der Waals surface area (Å²) in [5.74, 6) is 0.955. The van der Waals surface area contributed by atoms with Gasteiger partial charge in [-0.1, -0.05) is 55.0 Å². The number of rotatable bonds is 7. The highest BCUT2D eigenvalue weighted by Gasteiger charge is 2.20. The molecule has 2 rings (SSSR count). The second-order valence-electron chi connectivity index (χ2n) is 7.02. The molecular weight excluding hydrogens is 372 g/mol. The second-order valence-corrected chi connectivity index (χ2v) is 9.14. The molecule has 0 fully saturated rings. The van der Waals surface area contributed by atoms with Crippen molar-refractivity contribution < 1.29 is 8.42 Å². The monoisotopic (exact) mass is 402 g/mol. The van der Waals surface area contributed by atoms with Crippen LogP contribution in [0.4, 0.5) is 0 Å². The van der Waals surface area contributed by atoms with Crippen LogP contribution in [0.5, 0.6) is 0 Å². The van der Waals surface area contributed by atoms with Crippen LogP contribution in [-0.4, -0.2) is 46.4 Å². The summed E-state index contributed by atoms with van der Waals surface area (Å²) in [6, 6.07) is 15.5. The largest absolute Gasteiger partial charge is 0.356 e. The number of aryl methyl sites for hydroxylation is 1. The van der Waals surface area contributed by atoms with Gasteiger partial charge in [-0.15, -0.1) is 0 Å². The minimum absolute atomic E-state index is 0.302. The highest BCUT2D eigenvalue weighted by atomic mass is 32.2. The fourth-order valence-electron chi connectivity index (χ4n) is 2.84. The number of nitrogens with zero attached hydrogens (tertiary/aromatic N) is 2. The number of guanidine groups is 1. The molecule has 0 radical (unpaired) electrons. The summed E-state index contributed by atoms with van der Waals surface area (Å²) in [6.45, 7) is 5.33. The molecule has 7 heteroatoms. The van der Waals surface area contributed by atoms with Gasteiger partial charge in [0, 0.05) is 34.2 Å². The minimum atomic E-state index is -3.49. The summed E-state index contributed by atoms with van der Waals surface area (Å²) in [4.78, 5) is 4.55. The van der Waals surface area contributed by atoms with Gasteiger partial charge in [-0.05, 0) is 30.0 Å². The zero-order chi connectivity index (χ0) is 20.7. The van der Waals surface area contributed by atoms with Gasteiger partial charge in [-0.3, -0.25) is 4.99 Å². The molecule has 0 heterocycles. The molecule has 152 valence electrons. The predicted molar refractivity (Wildman–Crippen MR) is 115 cm³/mol. The van der Waals surface area contributed by atoms with E-state index in [2.05, 4.69) is 53.7 Å². The maximum Gasteiger partial charge on any atom is 0.242 e. The summed E-state index contributed by atoms with van der Waals surface area (Å²) in [6.07, 6.45) is 0. The van der Waals surface area contributed by atoms with Crippen molar-refractivity contribution in [3.63, 3.8) is 0 Å². The minimum Gasteiger partial charge on any atom is -0.356 e. The van der Waals surface area contributed by atoms with Crippen molar-refractivity contribution in [2.45, 2.75) is 31.2 Å². The number of hydrogen-bond acceptors (Lipinski definition) is 3. The molecule has 28 heavy (non-hydrogen) atoms. The van der Waals surface area contributed by atoms with Gasteiger partial charge in [0.15, 0.2) is 5.96 Å². The lowest BCUT2D eigenvalue weighted by molar-refractivity contribution is 0.519. The highest BCUT2D eigenvalue weighted by Crippen LogP contribution is 2.18. The Morgan fingerprint density at radius 3 is 2.46 bits per heavy atom. The molecule has 0 aromatic heterocycles. The molecule has 0 aliphatic carbocycles. The SMILES string of the molecule is CN=C(NCc1ccccc1S(=O)(=O)N(C)C)NCC(C)c1cccc(C)c1. The number of sulfonamides is 1. The lowest BCUT2D eigenvalue weighted by atomic mass is 9.99. The van der Waals surface area contributed by atoms with Gasteiger partial charge >= 0.3 is 0 Å². The van der Waals surface area contributed by atoms with Crippen LogP contribution in [-0.2, 0) is 16.6 Å². The Bertz CT molecular complexity index is 924. The van der Waals surface area contributed by atoms with Crippen LogP contribution >= 0.6 is 0 Å². The third-order valence-corrected chi connectivity index (χ3v) is 6.50. The van der Waals surface area contributed by atoms with Crippen LogP contribution in [0.15, 0.2) is 58.4 Å². The Balaban J connectivity index is 2.02. The summed E-state index contributed by atoms with van der Waals surface area (Å²) in [7, 11) is 1.28. The van der Waals surface area contributed by atoms with Gasteiger partial charge in [0.1, 0.15) is 0 Å². The zero-order valence-electron chi connectivity index (χ0n) is 17.2. The molecule has 1 atom stereocenters. The van der Waals surface area contributed by atoms with Crippen molar-refractivity contribution in [2.75, 3.05) is 27.7 Å². The van der Waals surface area contributed by atoms with E-state index < -0.39 is 10.0 Å². The zero-order valence-corrected chi connectivity index (χ0v) is 18.0. The van der Waals surface area contributed by atoms with Crippen LogP contribution in [0, 0.1) is 6.92 Å². The molecule has 0 spiro atoms. The Hall–Kier alpha value is -2.38. The van der Waals surface area contributed by atoms with E-state index in [-0.39, 0.29) is 0 Å². The van der Waals surface area contributed by atoms with Crippen molar-refractivity contribution in [3.8, 4) is 0 Å². The lowest BCUT2D eigenvalue weighted by Crippen LogP contribution is -2.39.